The first-order valence-corrected chi connectivity index (χ1v) is 9.81. The molecule has 1 aliphatic rings. The van der Waals surface area contributed by atoms with Gasteiger partial charge in [-0.25, -0.2) is 0 Å². The summed E-state index contributed by atoms with van der Waals surface area (Å²) in [5.41, 5.74) is 0.00503. The molecule has 4 unspecified atom stereocenters. The zero-order valence-electron chi connectivity index (χ0n) is 11.5. The minimum Gasteiger partial charge on any atom is -0.382 e. The van der Waals surface area contributed by atoms with E-state index < -0.39 is 25.0 Å². The molecule has 9 heteroatoms. The molecule has 0 spiro atoms. The number of halogens is 4. The number of hydrogen-bond acceptors (Lipinski definition) is 3. The maximum atomic E-state index is 12.6. The van der Waals surface area contributed by atoms with E-state index in [4.69, 9.17) is 46.4 Å². The Hall–Kier alpha value is -0.0300. The lowest BCUT2D eigenvalue weighted by atomic mass is 10.0. The predicted octanol–water partition coefficient (Wildman–Crippen LogP) is 4.84. The summed E-state index contributed by atoms with van der Waals surface area (Å²) < 4.78 is 12.6. The Morgan fingerprint density at radius 2 is 1.83 bits per heavy atom. The first kappa shape index (κ1) is 19.3. The van der Waals surface area contributed by atoms with Crippen molar-refractivity contribution in [1.82, 2.24) is 0 Å². The minimum absolute atomic E-state index is 0.00503. The van der Waals surface area contributed by atoms with Gasteiger partial charge in [-0.2, -0.15) is 0 Å². The number of rotatable bonds is 4. The number of aliphatic hydroxyl groups is 2. The van der Waals surface area contributed by atoms with E-state index in [2.05, 4.69) is 0 Å². The molecule has 126 valence electrons. The van der Waals surface area contributed by atoms with Crippen molar-refractivity contribution >= 4 is 53.8 Å². The van der Waals surface area contributed by atoms with Gasteiger partial charge in [0.15, 0.2) is 5.85 Å². The van der Waals surface area contributed by atoms with Crippen molar-refractivity contribution in [2.45, 2.75) is 18.1 Å². The molecule has 0 saturated heterocycles. The summed E-state index contributed by atoms with van der Waals surface area (Å²) in [7, 11) is -4.48. The van der Waals surface area contributed by atoms with Crippen molar-refractivity contribution in [2.75, 3.05) is 0 Å². The largest absolute Gasteiger partial charge is 0.382 e. The number of allylic oxidation sites excluding steroid dienone is 3. The third kappa shape index (κ3) is 4.15. The summed E-state index contributed by atoms with van der Waals surface area (Å²) >= 11 is 23.5. The van der Waals surface area contributed by atoms with Crippen molar-refractivity contribution in [3.63, 3.8) is 0 Å². The lowest BCUT2D eigenvalue weighted by molar-refractivity contribution is 0.157. The third-order valence-corrected chi connectivity index (χ3v) is 6.84. The molecule has 0 aromatic heterocycles. The highest BCUT2D eigenvalue weighted by Gasteiger charge is 2.44. The fraction of sp³-hybridized carbons (Fsp3) is 0.286. The van der Waals surface area contributed by atoms with Gasteiger partial charge in [-0.15, -0.1) is 0 Å². The molecule has 0 fully saturated rings. The topological polar surface area (TPSA) is 77.8 Å². The van der Waals surface area contributed by atoms with Gasteiger partial charge in [0.1, 0.15) is 5.85 Å². The van der Waals surface area contributed by atoms with Crippen molar-refractivity contribution in [3.8, 4) is 0 Å². The van der Waals surface area contributed by atoms with Crippen molar-refractivity contribution in [2.24, 2.45) is 5.92 Å². The molecule has 0 radical (unpaired) electrons. The van der Waals surface area contributed by atoms with Gasteiger partial charge in [-0.3, -0.25) is 4.57 Å². The molecule has 23 heavy (non-hydrogen) atoms. The Kier molecular flexibility index (Phi) is 6.26. The third-order valence-electron chi connectivity index (χ3n) is 3.53. The van der Waals surface area contributed by atoms with E-state index in [0.717, 1.165) is 0 Å². The SMILES string of the molecule is O=P(O)(C(O)c1ccc(Cl)cc1Cl)C(O)C1CC=C(Cl)C=C1Cl. The molecule has 2 rings (SSSR count). The highest BCUT2D eigenvalue weighted by atomic mass is 35.5. The highest BCUT2D eigenvalue weighted by molar-refractivity contribution is 7.58. The quantitative estimate of drug-likeness (QED) is 0.612. The van der Waals surface area contributed by atoms with Gasteiger partial charge in [-0.1, -0.05) is 58.5 Å². The summed E-state index contributed by atoms with van der Waals surface area (Å²) in [5, 5.41) is 21.4. The van der Waals surface area contributed by atoms with E-state index in [1.165, 1.54) is 24.3 Å². The maximum absolute atomic E-state index is 12.6. The van der Waals surface area contributed by atoms with E-state index in [9.17, 15) is 19.7 Å². The van der Waals surface area contributed by atoms with Crippen LogP contribution in [-0.4, -0.2) is 21.0 Å². The Morgan fingerprint density at radius 3 is 2.39 bits per heavy atom. The Morgan fingerprint density at radius 1 is 1.17 bits per heavy atom. The minimum atomic E-state index is -4.48. The molecule has 1 aliphatic carbocycles. The zero-order chi connectivity index (χ0) is 17.4. The van der Waals surface area contributed by atoms with E-state index in [1.54, 1.807) is 6.08 Å². The van der Waals surface area contributed by atoms with Crippen molar-refractivity contribution < 1.29 is 19.7 Å². The Labute approximate surface area is 153 Å². The second-order valence-electron chi connectivity index (χ2n) is 5.09. The van der Waals surface area contributed by atoms with E-state index in [1.807, 2.05) is 0 Å². The number of hydrogen-bond donors (Lipinski definition) is 3. The molecule has 1 aromatic rings. The molecule has 0 bridgehead atoms. The van der Waals surface area contributed by atoms with E-state index in [0.29, 0.717) is 10.1 Å². The maximum Gasteiger partial charge on any atom is 0.260 e. The van der Waals surface area contributed by atoms with Crippen LogP contribution in [0.5, 0.6) is 0 Å². The van der Waals surface area contributed by atoms with Crippen LogP contribution >= 0.6 is 53.8 Å². The standard InChI is InChI=1S/C14H13Cl4O4P/c15-7-1-3-9(11(17)5-7)13(19)23(21,22)14(20)10-4-2-8(16)6-12(10)18/h1-3,5-6,10,13-14,19-20H,4H2,(H,21,22). The summed E-state index contributed by atoms with van der Waals surface area (Å²) in [6.07, 6.45) is 3.14. The van der Waals surface area contributed by atoms with Crippen molar-refractivity contribution in [3.05, 3.63) is 56.0 Å². The first-order valence-electron chi connectivity index (χ1n) is 6.50. The van der Waals surface area contributed by atoms with Crippen LogP contribution in [-0.2, 0) is 4.57 Å². The van der Waals surface area contributed by atoms with Gasteiger partial charge in [0, 0.05) is 31.6 Å². The fourth-order valence-electron chi connectivity index (χ4n) is 2.23. The van der Waals surface area contributed by atoms with Gasteiger partial charge in [0.2, 0.25) is 0 Å². The van der Waals surface area contributed by atoms with Gasteiger partial charge < -0.3 is 15.1 Å². The molecular weight excluding hydrogens is 405 g/mol. The second-order valence-corrected chi connectivity index (χ2v) is 9.17. The summed E-state index contributed by atoms with van der Waals surface area (Å²) in [6, 6.07) is 4.10. The van der Waals surface area contributed by atoms with Crippen molar-refractivity contribution in [1.29, 1.82) is 0 Å². The molecule has 0 amide bonds. The number of aliphatic hydroxyl groups excluding tert-OH is 2. The van der Waals surface area contributed by atoms with E-state index in [-0.39, 0.29) is 22.0 Å². The molecular formula is C14H13Cl4O4P. The van der Waals surface area contributed by atoms with Gasteiger partial charge >= 0.3 is 0 Å². The summed E-state index contributed by atoms with van der Waals surface area (Å²) in [5.74, 6) is -4.47. The van der Waals surface area contributed by atoms with Crippen LogP contribution in [0.2, 0.25) is 10.0 Å². The van der Waals surface area contributed by atoms with Crippen LogP contribution in [0.25, 0.3) is 0 Å². The lowest BCUT2D eigenvalue weighted by Gasteiger charge is -2.30. The highest BCUT2D eigenvalue weighted by Crippen LogP contribution is 2.61. The average Bonchev–Trinajstić information content (AvgIpc) is 2.46. The molecule has 0 saturated carbocycles. The summed E-state index contributed by atoms with van der Waals surface area (Å²) in [6.45, 7) is 0. The van der Waals surface area contributed by atoms with Gasteiger partial charge in [0.05, 0.1) is 0 Å². The average molecular weight is 418 g/mol. The number of benzene rings is 1. The molecule has 4 nitrogen and oxygen atoms in total. The molecule has 3 N–H and O–H groups in total. The summed E-state index contributed by atoms with van der Waals surface area (Å²) in [4.78, 5) is 10.3. The lowest BCUT2D eigenvalue weighted by Crippen LogP contribution is -2.24. The molecule has 0 heterocycles. The smallest absolute Gasteiger partial charge is 0.260 e. The van der Waals surface area contributed by atoms with Crippen LogP contribution in [0.3, 0.4) is 0 Å². The van der Waals surface area contributed by atoms with Gasteiger partial charge in [-0.05, 0) is 24.6 Å². The zero-order valence-corrected chi connectivity index (χ0v) is 15.5. The molecule has 4 atom stereocenters. The van der Waals surface area contributed by atoms with Crippen LogP contribution in [0.4, 0.5) is 0 Å². The Balaban J connectivity index is 2.30. The normalized spacial score (nSPS) is 23.5. The van der Waals surface area contributed by atoms with Gasteiger partial charge in [0.25, 0.3) is 7.37 Å². The monoisotopic (exact) mass is 416 g/mol. The van der Waals surface area contributed by atoms with Crippen LogP contribution in [0.1, 0.15) is 17.8 Å². The van der Waals surface area contributed by atoms with Crippen LogP contribution in [0.15, 0.2) is 40.4 Å². The van der Waals surface area contributed by atoms with Crippen LogP contribution in [0, 0.1) is 5.92 Å². The first-order chi connectivity index (χ1) is 10.6. The molecule has 1 aromatic carbocycles. The molecule has 0 aliphatic heterocycles. The Bertz CT molecular complexity index is 719. The predicted molar refractivity (Wildman–Crippen MR) is 93.2 cm³/mol. The second kappa shape index (κ2) is 7.47. The van der Waals surface area contributed by atoms with E-state index >= 15 is 0 Å². The fourth-order valence-corrected chi connectivity index (χ4v) is 5.20. The van der Waals surface area contributed by atoms with Crippen LogP contribution < -0.4 is 0 Å².